The summed E-state index contributed by atoms with van der Waals surface area (Å²) in [6.45, 7) is 0. The third kappa shape index (κ3) is 5.16. The van der Waals surface area contributed by atoms with Crippen molar-refractivity contribution in [3.05, 3.63) is 200 Å². The van der Waals surface area contributed by atoms with Crippen molar-refractivity contribution >= 4 is 81.3 Å². The van der Waals surface area contributed by atoms with Gasteiger partial charge in [-0.3, -0.25) is 0 Å². The molecule has 11 rings (SSSR count). The maximum absolute atomic E-state index is 6.62. The molecule has 2 heterocycles. The molecule has 2 nitrogen and oxygen atoms in total. The quantitative estimate of drug-likeness (QED) is 0.170. The van der Waals surface area contributed by atoms with Crippen molar-refractivity contribution in [2.75, 3.05) is 4.90 Å². The van der Waals surface area contributed by atoms with Crippen LogP contribution in [0.1, 0.15) is 0 Å². The molecule has 0 N–H and O–H groups in total. The fourth-order valence-electron chi connectivity index (χ4n) is 8.43. The Hall–Kier alpha value is -6.94. The van der Waals surface area contributed by atoms with Gasteiger partial charge >= 0.3 is 0 Å². The molecule has 258 valence electrons. The highest BCUT2D eigenvalue weighted by Gasteiger charge is 2.23. The van der Waals surface area contributed by atoms with Crippen molar-refractivity contribution in [3.8, 4) is 33.4 Å². The number of thiophene rings is 1. The Balaban J connectivity index is 1.12. The van der Waals surface area contributed by atoms with Crippen molar-refractivity contribution in [3.63, 3.8) is 0 Å². The second-order valence-corrected chi connectivity index (χ2v) is 15.1. The van der Waals surface area contributed by atoms with E-state index in [4.69, 9.17) is 4.42 Å². The van der Waals surface area contributed by atoms with Crippen molar-refractivity contribution in [2.24, 2.45) is 0 Å². The summed E-state index contributed by atoms with van der Waals surface area (Å²) in [4.78, 5) is 2.44. The summed E-state index contributed by atoms with van der Waals surface area (Å²) in [5.41, 5.74) is 12.1. The monoisotopic (exact) mass is 719 g/mol. The molecule has 0 fully saturated rings. The molecule has 0 aliphatic rings. The Labute approximate surface area is 322 Å². The van der Waals surface area contributed by atoms with Crippen LogP contribution < -0.4 is 4.90 Å². The van der Waals surface area contributed by atoms with E-state index in [1.807, 2.05) is 17.4 Å². The number of furan rings is 1. The van der Waals surface area contributed by atoms with Gasteiger partial charge in [-0.1, -0.05) is 158 Å². The molecule has 0 bridgehead atoms. The van der Waals surface area contributed by atoms with E-state index in [9.17, 15) is 0 Å². The first-order chi connectivity index (χ1) is 27.3. The molecular weight excluding hydrogens is 687 g/mol. The van der Waals surface area contributed by atoms with Crippen molar-refractivity contribution < 1.29 is 4.42 Å². The summed E-state index contributed by atoms with van der Waals surface area (Å²) >= 11 is 1.85. The molecule has 55 heavy (non-hydrogen) atoms. The molecule has 9 aromatic carbocycles. The number of benzene rings is 9. The molecule has 0 saturated heterocycles. The Bertz CT molecular complexity index is 3220. The van der Waals surface area contributed by atoms with Crippen molar-refractivity contribution in [1.82, 2.24) is 0 Å². The lowest BCUT2D eigenvalue weighted by Crippen LogP contribution is -2.11. The Morgan fingerprint density at radius 3 is 1.84 bits per heavy atom. The number of anilines is 3. The van der Waals surface area contributed by atoms with Gasteiger partial charge in [-0.25, -0.2) is 0 Å². The van der Waals surface area contributed by atoms with Gasteiger partial charge in [-0.2, -0.15) is 0 Å². The largest absolute Gasteiger partial charge is 0.455 e. The highest BCUT2D eigenvalue weighted by Crippen LogP contribution is 2.49. The van der Waals surface area contributed by atoms with E-state index >= 15 is 0 Å². The molecule has 0 aliphatic carbocycles. The zero-order chi connectivity index (χ0) is 36.3. The van der Waals surface area contributed by atoms with Crippen molar-refractivity contribution in [1.29, 1.82) is 0 Å². The second-order valence-electron chi connectivity index (χ2n) is 14.0. The summed E-state index contributed by atoms with van der Waals surface area (Å²) < 4.78 is 9.17. The van der Waals surface area contributed by atoms with Crippen LogP contribution in [-0.2, 0) is 0 Å². The van der Waals surface area contributed by atoms with E-state index in [2.05, 4.69) is 199 Å². The maximum Gasteiger partial charge on any atom is 0.143 e. The molecule has 0 amide bonds. The van der Waals surface area contributed by atoms with Crippen LogP contribution >= 0.6 is 11.3 Å². The summed E-state index contributed by atoms with van der Waals surface area (Å²) in [7, 11) is 0. The zero-order valence-electron chi connectivity index (χ0n) is 29.8. The minimum atomic E-state index is 0.896. The Kier molecular flexibility index (Phi) is 7.39. The van der Waals surface area contributed by atoms with E-state index in [-0.39, 0.29) is 0 Å². The van der Waals surface area contributed by atoms with Gasteiger partial charge < -0.3 is 9.32 Å². The van der Waals surface area contributed by atoms with E-state index in [1.54, 1.807) is 0 Å². The summed E-state index contributed by atoms with van der Waals surface area (Å²) in [6.07, 6.45) is 0. The minimum Gasteiger partial charge on any atom is -0.455 e. The lowest BCUT2D eigenvalue weighted by molar-refractivity contribution is 0.670. The molecule has 11 aromatic rings. The molecule has 0 atom stereocenters. The van der Waals surface area contributed by atoms with Gasteiger partial charge in [-0.15, -0.1) is 11.3 Å². The fraction of sp³-hybridized carbons (Fsp3) is 0. The first-order valence-corrected chi connectivity index (χ1v) is 19.5. The molecule has 0 unspecified atom stereocenters. The van der Waals surface area contributed by atoms with Crippen molar-refractivity contribution in [2.45, 2.75) is 0 Å². The number of rotatable bonds is 6. The number of fused-ring (bicyclic) bond motifs is 7. The molecule has 2 aromatic heterocycles. The van der Waals surface area contributed by atoms with Gasteiger partial charge in [0.25, 0.3) is 0 Å². The smallest absolute Gasteiger partial charge is 0.143 e. The Morgan fingerprint density at radius 1 is 0.364 bits per heavy atom. The third-order valence-electron chi connectivity index (χ3n) is 10.9. The van der Waals surface area contributed by atoms with Gasteiger partial charge in [0.05, 0.1) is 11.4 Å². The standard InChI is InChI=1S/C52H33NOS/c1-2-16-37-34(14-1)15-11-22-40(37)39-18-4-3-17-38(39)35-30-32-36(33-31-35)53(47-26-13-29-50-51(47)45-21-7-10-28-49(45)55-50)46-25-8-5-19-41(46)43-23-12-24-44-42-20-6-9-27-48(42)54-52(43)44/h1-33H. The van der Waals surface area contributed by atoms with Gasteiger partial charge in [-0.05, 0) is 75.5 Å². The molecule has 0 radical (unpaired) electrons. The van der Waals surface area contributed by atoms with Crippen LogP contribution in [-0.4, -0.2) is 0 Å². The number of hydrogen-bond donors (Lipinski definition) is 0. The average Bonchev–Trinajstić information content (AvgIpc) is 3.83. The van der Waals surface area contributed by atoms with Gasteiger partial charge in [0.1, 0.15) is 11.2 Å². The molecule has 3 heteroatoms. The minimum absolute atomic E-state index is 0.896. The Morgan fingerprint density at radius 2 is 0.945 bits per heavy atom. The average molecular weight is 720 g/mol. The summed E-state index contributed by atoms with van der Waals surface area (Å²) in [5.74, 6) is 0. The number of nitrogens with zero attached hydrogens (tertiary/aromatic N) is 1. The highest BCUT2D eigenvalue weighted by molar-refractivity contribution is 7.26. The molecule has 0 saturated carbocycles. The summed E-state index contributed by atoms with van der Waals surface area (Å²) in [6, 6.07) is 72.2. The van der Waals surface area contributed by atoms with Gasteiger partial charge in [0.15, 0.2) is 0 Å². The SMILES string of the molecule is c1ccc(-c2cccc3ccccc23)c(-c2ccc(N(c3ccccc3-c3cccc4c3oc3ccccc34)c3cccc4sc5ccccc5c34)cc2)c1. The van der Waals surface area contributed by atoms with E-state index in [1.165, 1.54) is 53.2 Å². The maximum atomic E-state index is 6.62. The first kappa shape index (κ1) is 31.6. The van der Waals surface area contributed by atoms with Crippen LogP contribution in [0.3, 0.4) is 0 Å². The van der Waals surface area contributed by atoms with Crippen LogP contribution in [0, 0.1) is 0 Å². The predicted molar refractivity (Wildman–Crippen MR) is 235 cm³/mol. The summed E-state index contributed by atoms with van der Waals surface area (Å²) in [5, 5.41) is 7.27. The van der Waals surface area contributed by atoms with E-state index in [0.29, 0.717) is 0 Å². The molecule has 0 aliphatic heterocycles. The van der Waals surface area contributed by atoms with E-state index < -0.39 is 0 Å². The third-order valence-corrected chi connectivity index (χ3v) is 12.0. The van der Waals surface area contributed by atoms with Gasteiger partial charge in [0.2, 0.25) is 0 Å². The van der Waals surface area contributed by atoms with Crippen LogP contribution in [0.25, 0.3) is 86.3 Å². The van der Waals surface area contributed by atoms with Crippen LogP contribution in [0.2, 0.25) is 0 Å². The molecule has 0 spiro atoms. The van der Waals surface area contributed by atoms with Crippen LogP contribution in [0.4, 0.5) is 17.1 Å². The first-order valence-electron chi connectivity index (χ1n) is 18.7. The van der Waals surface area contributed by atoms with Crippen LogP contribution in [0.5, 0.6) is 0 Å². The predicted octanol–water partition coefficient (Wildman–Crippen LogP) is 15.6. The normalized spacial score (nSPS) is 11.6. The van der Waals surface area contributed by atoms with E-state index in [0.717, 1.165) is 50.1 Å². The number of hydrogen-bond acceptors (Lipinski definition) is 3. The second kappa shape index (κ2) is 12.9. The lowest BCUT2D eigenvalue weighted by Gasteiger charge is -2.29. The highest BCUT2D eigenvalue weighted by atomic mass is 32.1. The van der Waals surface area contributed by atoms with Crippen LogP contribution in [0.15, 0.2) is 205 Å². The topological polar surface area (TPSA) is 16.4 Å². The molecular formula is C52H33NOS. The zero-order valence-corrected chi connectivity index (χ0v) is 30.6. The van der Waals surface area contributed by atoms with Gasteiger partial charge in [0, 0.05) is 47.8 Å². The fourth-order valence-corrected chi connectivity index (χ4v) is 9.55. The number of para-hydroxylation sites is 3. The lowest BCUT2D eigenvalue weighted by atomic mass is 9.91.